The Hall–Kier alpha value is -1.46. The van der Waals surface area contributed by atoms with Crippen molar-refractivity contribution in [3.63, 3.8) is 0 Å². The number of hydrogen-bond donors (Lipinski definition) is 2. The number of rotatable bonds is 6. The van der Waals surface area contributed by atoms with Crippen molar-refractivity contribution in [2.45, 2.75) is 57.1 Å². The van der Waals surface area contributed by atoms with E-state index in [0.29, 0.717) is 24.4 Å². The van der Waals surface area contributed by atoms with E-state index in [9.17, 15) is 14.3 Å². The summed E-state index contributed by atoms with van der Waals surface area (Å²) in [4.78, 5) is 14.3. The molecule has 0 unspecified atom stereocenters. The summed E-state index contributed by atoms with van der Waals surface area (Å²) in [5.74, 6) is 0.0727. The van der Waals surface area contributed by atoms with Gasteiger partial charge in [-0.3, -0.25) is 4.79 Å². The highest BCUT2D eigenvalue weighted by atomic mass is 19.1. The summed E-state index contributed by atoms with van der Waals surface area (Å²) >= 11 is 0. The third kappa shape index (κ3) is 4.59. The Balaban J connectivity index is 1.55. The number of carbonyl (C=O) groups excluding carboxylic acids is 1. The number of halogens is 1. The van der Waals surface area contributed by atoms with Gasteiger partial charge in [-0.05, 0) is 44.2 Å². The molecule has 0 aromatic heterocycles. The fourth-order valence-electron chi connectivity index (χ4n) is 4.09. The smallest absolute Gasteiger partial charge is 0.256 e. The summed E-state index contributed by atoms with van der Waals surface area (Å²) in [6, 6.07) is 6.51. The van der Waals surface area contributed by atoms with Crippen LogP contribution in [0.15, 0.2) is 24.3 Å². The number of hydrogen-bond acceptors (Lipinski definition) is 3. The first-order valence-corrected chi connectivity index (χ1v) is 9.54. The van der Waals surface area contributed by atoms with Crippen molar-refractivity contribution in [2.75, 3.05) is 19.6 Å². The first kappa shape index (κ1) is 18.3. The van der Waals surface area contributed by atoms with Gasteiger partial charge in [0.05, 0.1) is 0 Å². The molecule has 0 spiro atoms. The second-order valence-corrected chi connectivity index (χ2v) is 7.59. The van der Waals surface area contributed by atoms with Crippen molar-refractivity contribution in [1.82, 2.24) is 10.2 Å². The summed E-state index contributed by atoms with van der Waals surface area (Å²) in [5.41, 5.74) is -0.867. The van der Waals surface area contributed by atoms with Gasteiger partial charge in [-0.25, -0.2) is 4.39 Å². The first-order chi connectivity index (χ1) is 12.1. The van der Waals surface area contributed by atoms with Crippen molar-refractivity contribution in [3.05, 3.63) is 35.6 Å². The van der Waals surface area contributed by atoms with Gasteiger partial charge in [0.2, 0.25) is 0 Å². The Kier molecular flexibility index (Phi) is 6.07. The van der Waals surface area contributed by atoms with Gasteiger partial charge in [0.15, 0.2) is 5.60 Å². The molecule has 2 aliphatic rings. The third-order valence-corrected chi connectivity index (χ3v) is 5.60. The van der Waals surface area contributed by atoms with Crippen LogP contribution in [-0.4, -0.2) is 41.1 Å². The molecule has 3 rings (SSSR count). The molecular weight excluding hydrogens is 319 g/mol. The van der Waals surface area contributed by atoms with E-state index in [1.807, 2.05) is 0 Å². The van der Waals surface area contributed by atoms with Crippen molar-refractivity contribution in [2.24, 2.45) is 5.92 Å². The van der Waals surface area contributed by atoms with Crippen LogP contribution < -0.4 is 5.32 Å². The van der Waals surface area contributed by atoms with Crippen LogP contribution in [0.5, 0.6) is 0 Å². The number of amides is 1. The fourth-order valence-corrected chi connectivity index (χ4v) is 4.09. The molecule has 1 saturated heterocycles. The average Bonchev–Trinajstić information content (AvgIpc) is 2.62. The number of nitrogens with one attached hydrogen (secondary N) is 1. The molecule has 2 fully saturated rings. The molecule has 2 N–H and O–H groups in total. The Morgan fingerprint density at radius 2 is 1.96 bits per heavy atom. The van der Waals surface area contributed by atoms with E-state index in [1.54, 1.807) is 23.1 Å². The largest absolute Gasteiger partial charge is 0.379 e. The first-order valence-electron chi connectivity index (χ1n) is 9.54. The number of piperidine rings is 1. The molecular formula is C20H29FN2O2. The van der Waals surface area contributed by atoms with Crippen LogP contribution in [0.25, 0.3) is 0 Å². The second kappa shape index (κ2) is 8.28. The van der Waals surface area contributed by atoms with E-state index in [4.69, 9.17) is 0 Å². The molecule has 25 heavy (non-hydrogen) atoms. The minimum atomic E-state index is -1.36. The van der Waals surface area contributed by atoms with E-state index in [1.165, 1.54) is 38.2 Å². The SMILES string of the molecule is O=C1N(Cc2ccccc2F)CCC[C@]1(O)CNCC1CCCCC1. The molecule has 1 aromatic rings. The van der Waals surface area contributed by atoms with Gasteiger partial charge in [0, 0.05) is 25.2 Å². The fraction of sp³-hybridized carbons (Fsp3) is 0.650. The predicted octanol–water partition coefficient (Wildman–Crippen LogP) is 2.85. The van der Waals surface area contributed by atoms with Gasteiger partial charge < -0.3 is 15.3 Å². The van der Waals surface area contributed by atoms with Crippen LogP contribution in [0.1, 0.15) is 50.5 Å². The van der Waals surface area contributed by atoms with Gasteiger partial charge in [-0.2, -0.15) is 0 Å². The standard InChI is InChI=1S/C20H29FN2O2/c21-18-10-5-4-9-17(18)14-23-12-6-11-20(25,19(23)24)15-22-13-16-7-2-1-3-8-16/h4-5,9-10,16,22,25H,1-3,6-8,11-15H2/t20-/m0/s1. The van der Waals surface area contributed by atoms with Crippen LogP contribution in [-0.2, 0) is 11.3 Å². The highest BCUT2D eigenvalue weighted by Crippen LogP contribution is 2.26. The maximum atomic E-state index is 13.9. The Morgan fingerprint density at radius 3 is 2.72 bits per heavy atom. The maximum absolute atomic E-state index is 13.9. The van der Waals surface area contributed by atoms with Crippen LogP contribution in [0, 0.1) is 11.7 Å². The van der Waals surface area contributed by atoms with Crippen molar-refractivity contribution in [1.29, 1.82) is 0 Å². The molecule has 1 atom stereocenters. The third-order valence-electron chi connectivity index (χ3n) is 5.60. The lowest BCUT2D eigenvalue weighted by Gasteiger charge is -2.38. The zero-order chi connectivity index (χ0) is 17.7. The Labute approximate surface area is 149 Å². The molecule has 5 heteroatoms. The molecule has 1 aliphatic heterocycles. The Bertz CT molecular complexity index is 589. The summed E-state index contributed by atoms with van der Waals surface area (Å²) in [6.45, 7) is 1.94. The lowest BCUT2D eigenvalue weighted by Crippen LogP contribution is -2.58. The molecule has 1 heterocycles. The van der Waals surface area contributed by atoms with Crippen LogP contribution in [0.3, 0.4) is 0 Å². The molecule has 1 aromatic carbocycles. The second-order valence-electron chi connectivity index (χ2n) is 7.59. The van der Waals surface area contributed by atoms with Crippen molar-refractivity contribution in [3.8, 4) is 0 Å². The number of benzene rings is 1. The quantitative estimate of drug-likeness (QED) is 0.831. The van der Waals surface area contributed by atoms with Gasteiger partial charge >= 0.3 is 0 Å². The van der Waals surface area contributed by atoms with Crippen molar-refractivity contribution < 1.29 is 14.3 Å². The number of nitrogens with zero attached hydrogens (tertiary/aromatic N) is 1. The molecule has 1 aliphatic carbocycles. The van der Waals surface area contributed by atoms with Gasteiger partial charge in [-0.1, -0.05) is 37.5 Å². The number of carbonyl (C=O) groups is 1. The van der Waals surface area contributed by atoms with Crippen LogP contribution in [0.2, 0.25) is 0 Å². The summed E-state index contributed by atoms with van der Waals surface area (Å²) in [6.07, 6.45) is 7.57. The molecule has 1 saturated carbocycles. The minimum absolute atomic E-state index is 0.219. The van der Waals surface area contributed by atoms with Crippen LogP contribution in [0.4, 0.5) is 4.39 Å². The molecule has 4 nitrogen and oxygen atoms in total. The summed E-state index contributed by atoms with van der Waals surface area (Å²) < 4.78 is 13.9. The van der Waals surface area contributed by atoms with E-state index >= 15 is 0 Å². The topological polar surface area (TPSA) is 52.6 Å². The lowest BCUT2D eigenvalue weighted by atomic mass is 9.88. The zero-order valence-electron chi connectivity index (χ0n) is 14.8. The average molecular weight is 348 g/mol. The Morgan fingerprint density at radius 1 is 1.20 bits per heavy atom. The monoisotopic (exact) mass is 348 g/mol. The predicted molar refractivity (Wildman–Crippen MR) is 95.4 cm³/mol. The molecule has 0 radical (unpaired) electrons. The van der Waals surface area contributed by atoms with E-state index in [0.717, 1.165) is 13.0 Å². The molecule has 138 valence electrons. The lowest BCUT2D eigenvalue weighted by molar-refractivity contribution is -0.157. The van der Waals surface area contributed by atoms with E-state index in [-0.39, 0.29) is 24.8 Å². The summed E-state index contributed by atoms with van der Waals surface area (Å²) in [7, 11) is 0. The normalized spacial score (nSPS) is 25.4. The molecule has 0 bridgehead atoms. The van der Waals surface area contributed by atoms with Gasteiger partial charge in [0.25, 0.3) is 5.91 Å². The van der Waals surface area contributed by atoms with E-state index in [2.05, 4.69) is 5.32 Å². The number of likely N-dealkylation sites (tertiary alicyclic amines) is 1. The molecule has 1 amide bonds. The summed E-state index contributed by atoms with van der Waals surface area (Å²) in [5, 5.41) is 14.2. The maximum Gasteiger partial charge on any atom is 0.256 e. The minimum Gasteiger partial charge on any atom is -0.379 e. The van der Waals surface area contributed by atoms with Crippen molar-refractivity contribution >= 4 is 5.91 Å². The zero-order valence-corrected chi connectivity index (χ0v) is 14.8. The van der Waals surface area contributed by atoms with Gasteiger partial charge in [0.1, 0.15) is 5.82 Å². The highest BCUT2D eigenvalue weighted by molar-refractivity contribution is 5.86. The van der Waals surface area contributed by atoms with Crippen LogP contribution >= 0.6 is 0 Å². The highest BCUT2D eigenvalue weighted by Gasteiger charge is 2.42. The number of aliphatic hydroxyl groups is 1. The van der Waals surface area contributed by atoms with E-state index < -0.39 is 5.60 Å². The van der Waals surface area contributed by atoms with Gasteiger partial charge in [-0.15, -0.1) is 0 Å².